The number of benzene rings is 3. The van der Waals surface area contributed by atoms with Gasteiger partial charge in [0, 0.05) is 28.1 Å². The summed E-state index contributed by atoms with van der Waals surface area (Å²) >= 11 is 7.46. The van der Waals surface area contributed by atoms with Gasteiger partial charge in [-0.05, 0) is 42.0 Å². The molecule has 2 heterocycles. The number of nitrogens with zero attached hydrogens (tertiary/aromatic N) is 6. The first-order valence-corrected chi connectivity index (χ1v) is 11.4. The van der Waals surface area contributed by atoms with E-state index in [0.717, 1.165) is 27.9 Å². The van der Waals surface area contributed by atoms with Gasteiger partial charge in [0.1, 0.15) is 5.52 Å². The van der Waals surface area contributed by atoms with Crippen molar-refractivity contribution in [2.45, 2.75) is 6.54 Å². The van der Waals surface area contributed by atoms with E-state index in [1.165, 1.54) is 23.5 Å². The van der Waals surface area contributed by atoms with Gasteiger partial charge in [-0.1, -0.05) is 41.1 Å². The molecule has 5 aromatic rings. The van der Waals surface area contributed by atoms with E-state index in [4.69, 9.17) is 11.6 Å². The molecule has 0 fully saturated rings. The molecule has 0 aliphatic rings. The van der Waals surface area contributed by atoms with E-state index in [0.29, 0.717) is 22.4 Å². The number of hydrogen-bond donors (Lipinski definition) is 1. The first-order valence-electron chi connectivity index (χ1n) is 10.1. The van der Waals surface area contributed by atoms with Crippen molar-refractivity contribution >= 4 is 50.5 Å². The summed E-state index contributed by atoms with van der Waals surface area (Å²) in [6.45, 7) is 0.385. The fraction of sp³-hybridized carbons (Fsp3) is 0.0435. The van der Waals surface area contributed by atoms with E-state index < -0.39 is 4.92 Å². The Bertz CT molecular complexity index is 1490. The van der Waals surface area contributed by atoms with Gasteiger partial charge in [-0.2, -0.15) is 5.10 Å². The van der Waals surface area contributed by atoms with Crippen molar-refractivity contribution in [1.29, 1.82) is 0 Å². The van der Waals surface area contributed by atoms with Crippen molar-refractivity contribution in [2.24, 2.45) is 5.10 Å². The zero-order valence-electron chi connectivity index (χ0n) is 17.5. The van der Waals surface area contributed by atoms with Crippen molar-refractivity contribution in [1.82, 2.24) is 20.0 Å². The van der Waals surface area contributed by atoms with Crippen molar-refractivity contribution in [3.8, 4) is 11.3 Å². The van der Waals surface area contributed by atoms with Crippen LogP contribution in [0.2, 0.25) is 5.02 Å². The van der Waals surface area contributed by atoms with Crippen molar-refractivity contribution < 1.29 is 4.92 Å². The Balaban J connectivity index is 1.41. The number of nitro benzene ring substituents is 1. The third kappa shape index (κ3) is 4.63. The fourth-order valence-corrected chi connectivity index (χ4v) is 4.12. The van der Waals surface area contributed by atoms with Gasteiger partial charge in [0.25, 0.3) is 5.69 Å². The molecule has 5 rings (SSSR count). The highest BCUT2D eigenvalue weighted by atomic mass is 35.5. The number of fused-ring (bicyclic) bond motifs is 1. The van der Waals surface area contributed by atoms with Crippen LogP contribution in [0.4, 0.5) is 10.8 Å². The number of hydrazone groups is 1. The average Bonchev–Trinajstić information content (AvgIpc) is 3.50. The van der Waals surface area contributed by atoms with Crippen LogP contribution in [0.15, 0.2) is 83.3 Å². The lowest BCUT2D eigenvalue weighted by molar-refractivity contribution is -0.384. The van der Waals surface area contributed by atoms with Crippen LogP contribution in [0.5, 0.6) is 0 Å². The van der Waals surface area contributed by atoms with Gasteiger partial charge in [-0.25, -0.2) is 9.67 Å². The minimum Gasteiger partial charge on any atom is -0.258 e. The first-order chi connectivity index (χ1) is 16.6. The highest BCUT2D eigenvalue weighted by Crippen LogP contribution is 2.26. The molecule has 0 saturated carbocycles. The molecule has 2 aromatic heterocycles. The maximum absolute atomic E-state index is 10.9. The molecule has 0 spiro atoms. The molecular formula is C23H16ClN7O2S. The lowest BCUT2D eigenvalue weighted by Crippen LogP contribution is -2.15. The maximum Gasteiger partial charge on any atom is 0.269 e. The standard InChI is InChI=1S/C23H16ClN7O2S/c24-17-9-5-15(6-10-17)20(13-30-22-4-2-1-3-19(22)27-29-30)26-28-23-25-21(14-34-23)16-7-11-18(12-8-16)31(32)33/h1-12,14H,13H2,(H,25,28)/b26-20-. The lowest BCUT2D eigenvalue weighted by atomic mass is 10.1. The number of nitro groups is 1. The van der Waals surface area contributed by atoms with E-state index in [1.807, 2.05) is 53.9 Å². The Labute approximate surface area is 202 Å². The van der Waals surface area contributed by atoms with Gasteiger partial charge in [0.2, 0.25) is 5.13 Å². The highest BCUT2D eigenvalue weighted by Gasteiger charge is 2.12. The summed E-state index contributed by atoms with van der Waals surface area (Å²) in [6.07, 6.45) is 0. The van der Waals surface area contributed by atoms with Crippen molar-refractivity contribution in [3.63, 3.8) is 0 Å². The third-order valence-corrected chi connectivity index (χ3v) is 6.06. The van der Waals surface area contributed by atoms with Gasteiger partial charge >= 0.3 is 0 Å². The molecule has 0 amide bonds. The van der Waals surface area contributed by atoms with Crippen LogP contribution in [-0.4, -0.2) is 30.6 Å². The number of para-hydroxylation sites is 1. The molecule has 0 unspecified atom stereocenters. The zero-order chi connectivity index (χ0) is 23.5. The summed E-state index contributed by atoms with van der Waals surface area (Å²) in [5.41, 5.74) is 7.86. The fourth-order valence-electron chi connectivity index (χ4n) is 3.34. The molecule has 9 nitrogen and oxygen atoms in total. The summed E-state index contributed by atoms with van der Waals surface area (Å²) in [6, 6.07) is 21.4. The Kier molecular flexibility index (Phi) is 5.98. The zero-order valence-corrected chi connectivity index (χ0v) is 19.1. The smallest absolute Gasteiger partial charge is 0.258 e. The number of nitrogens with one attached hydrogen (secondary N) is 1. The molecule has 0 aliphatic heterocycles. The molecule has 0 saturated heterocycles. The normalized spacial score (nSPS) is 11.6. The van der Waals surface area contributed by atoms with Gasteiger partial charge in [0.15, 0.2) is 0 Å². The third-order valence-electron chi connectivity index (χ3n) is 5.06. The molecule has 11 heteroatoms. The minimum atomic E-state index is -0.427. The molecule has 1 N–H and O–H groups in total. The minimum absolute atomic E-state index is 0.0372. The summed E-state index contributed by atoms with van der Waals surface area (Å²) < 4.78 is 1.79. The Morgan fingerprint density at radius 3 is 2.62 bits per heavy atom. The quantitative estimate of drug-likeness (QED) is 0.180. The van der Waals surface area contributed by atoms with Crippen molar-refractivity contribution in [2.75, 3.05) is 5.43 Å². The second kappa shape index (κ2) is 9.38. The molecule has 0 atom stereocenters. The predicted octanol–water partition coefficient (Wildman–Crippen LogP) is 5.63. The van der Waals surface area contributed by atoms with Gasteiger partial charge in [-0.15, -0.1) is 16.4 Å². The highest BCUT2D eigenvalue weighted by molar-refractivity contribution is 7.14. The van der Waals surface area contributed by atoms with Crippen LogP contribution in [0.1, 0.15) is 5.56 Å². The van der Waals surface area contributed by atoms with Gasteiger partial charge < -0.3 is 0 Å². The maximum atomic E-state index is 10.9. The number of halogens is 1. The Hall–Kier alpha value is -4.15. The Morgan fingerprint density at radius 2 is 1.85 bits per heavy atom. The molecular weight excluding hydrogens is 474 g/mol. The second-order valence-electron chi connectivity index (χ2n) is 7.25. The number of aromatic nitrogens is 4. The van der Waals surface area contributed by atoms with E-state index in [-0.39, 0.29) is 5.69 Å². The molecule has 34 heavy (non-hydrogen) atoms. The van der Waals surface area contributed by atoms with E-state index in [9.17, 15) is 10.1 Å². The summed E-state index contributed by atoms with van der Waals surface area (Å²) in [5, 5.41) is 27.1. The second-order valence-corrected chi connectivity index (χ2v) is 8.55. The Morgan fingerprint density at radius 1 is 1.09 bits per heavy atom. The van der Waals surface area contributed by atoms with E-state index in [2.05, 4.69) is 25.8 Å². The van der Waals surface area contributed by atoms with E-state index >= 15 is 0 Å². The average molecular weight is 490 g/mol. The molecule has 3 aromatic carbocycles. The van der Waals surface area contributed by atoms with Crippen LogP contribution in [0.3, 0.4) is 0 Å². The summed E-state index contributed by atoms with van der Waals surface area (Å²) in [7, 11) is 0. The first kappa shape index (κ1) is 21.7. The number of hydrogen-bond acceptors (Lipinski definition) is 8. The molecule has 0 aliphatic carbocycles. The van der Waals surface area contributed by atoms with E-state index in [1.54, 1.807) is 16.8 Å². The number of anilines is 1. The predicted molar refractivity (Wildman–Crippen MR) is 133 cm³/mol. The molecule has 168 valence electrons. The SMILES string of the molecule is O=[N+]([O-])c1ccc(-c2csc(N/N=C(/Cn3nnc4ccccc43)c3ccc(Cl)cc3)n2)cc1. The lowest BCUT2D eigenvalue weighted by Gasteiger charge is -2.08. The van der Waals surface area contributed by atoms with Crippen LogP contribution < -0.4 is 5.43 Å². The van der Waals surface area contributed by atoms with Gasteiger partial charge in [0.05, 0.1) is 28.4 Å². The van der Waals surface area contributed by atoms with Crippen molar-refractivity contribution in [3.05, 3.63) is 98.9 Å². The number of rotatable bonds is 7. The topological polar surface area (TPSA) is 111 Å². The number of non-ortho nitro benzene ring substituents is 1. The van der Waals surface area contributed by atoms with Crippen LogP contribution in [-0.2, 0) is 6.54 Å². The van der Waals surface area contributed by atoms with Crippen LogP contribution in [0.25, 0.3) is 22.3 Å². The van der Waals surface area contributed by atoms with Gasteiger partial charge in [-0.3, -0.25) is 15.5 Å². The molecule has 0 bridgehead atoms. The summed E-state index contributed by atoms with van der Waals surface area (Å²) in [4.78, 5) is 15.0. The number of thiazole rings is 1. The largest absolute Gasteiger partial charge is 0.269 e. The summed E-state index contributed by atoms with van der Waals surface area (Å²) in [5.74, 6) is 0. The van der Waals surface area contributed by atoms with Crippen LogP contribution in [0, 0.1) is 10.1 Å². The molecule has 0 radical (unpaired) electrons. The van der Waals surface area contributed by atoms with Crippen LogP contribution >= 0.6 is 22.9 Å². The monoisotopic (exact) mass is 489 g/mol.